The van der Waals surface area contributed by atoms with Gasteiger partial charge in [-0.3, -0.25) is 4.79 Å². The second-order valence-electron chi connectivity index (χ2n) is 4.95. The molecule has 0 atom stereocenters. The molecule has 2 N–H and O–H groups in total. The summed E-state index contributed by atoms with van der Waals surface area (Å²) >= 11 is 1.48. The first-order chi connectivity index (χ1) is 8.99. The second kappa shape index (κ2) is 5.40. The van der Waals surface area contributed by atoms with Crippen LogP contribution in [0.1, 0.15) is 13.8 Å². The molecule has 0 aliphatic rings. The summed E-state index contributed by atoms with van der Waals surface area (Å²) in [6.45, 7) is 3.73. The van der Waals surface area contributed by atoms with Crippen molar-refractivity contribution in [2.45, 2.75) is 13.8 Å². The van der Waals surface area contributed by atoms with Crippen molar-refractivity contribution in [1.82, 2.24) is 4.98 Å². The molecule has 0 amide bonds. The smallest absolute Gasteiger partial charge is 0.310 e. The highest BCUT2D eigenvalue weighted by Crippen LogP contribution is 2.25. The molecular weight excluding hydrogens is 260 g/mol. The first-order valence-electron chi connectivity index (χ1n) is 5.97. The van der Waals surface area contributed by atoms with Crippen molar-refractivity contribution in [3.63, 3.8) is 0 Å². The van der Waals surface area contributed by atoms with Crippen LogP contribution in [0.3, 0.4) is 0 Å². The van der Waals surface area contributed by atoms with Crippen molar-refractivity contribution in [3.8, 4) is 11.3 Å². The quantitative estimate of drug-likeness (QED) is 0.879. The average Bonchev–Trinajstić information content (AvgIpc) is 2.86. The Morgan fingerprint density at radius 3 is 2.68 bits per heavy atom. The lowest BCUT2D eigenvalue weighted by atomic mass is 9.94. The predicted molar refractivity (Wildman–Crippen MR) is 77.5 cm³/mol. The molecule has 4 nitrogen and oxygen atoms in total. The average molecular weight is 276 g/mol. The van der Waals surface area contributed by atoms with E-state index in [1.807, 2.05) is 35.7 Å². The number of thiazole rings is 1. The molecular formula is C14H16N2O2S. The Hall–Kier alpha value is -1.88. The fraction of sp³-hybridized carbons (Fsp3) is 0.286. The summed E-state index contributed by atoms with van der Waals surface area (Å²) < 4.78 is 0. The van der Waals surface area contributed by atoms with Gasteiger partial charge in [0.1, 0.15) is 0 Å². The molecule has 19 heavy (non-hydrogen) atoms. The van der Waals surface area contributed by atoms with E-state index >= 15 is 0 Å². The van der Waals surface area contributed by atoms with E-state index in [-0.39, 0.29) is 0 Å². The number of aliphatic carboxylic acids is 1. The fourth-order valence-electron chi connectivity index (χ4n) is 1.47. The lowest BCUT2D eigenvalue weighted by Crippen LogP contribution is -2.31. The van der Waals surface area contributed by atoms with Crippen LogP contribution in [0.15, 0.2) is 35.7 Å². The number of hydrogen-bond acceptors (Lipinski definition) is 4. The standard InChI is InChI=1S/C14H16N2O2S/c1-14(2,12(17)18)9-15-13-16-11(8-19-13)10-6-4-3-5-7-10/h3-8H,9H2,1-2H3,(H,15,16)(H,17,18). The minimum atomic E-state index is -0.820. The van der Waals surface area contributed by atoms with Crippen LogP contribution in [0, 0.1) is 5.41 Å². The summed E-state index contributed by atoms with van der Waals surface area (Å²) in [5, 5.41) is 14.8. The van der Waals surface area contributed by atoms with Gasteiger partial charge in [0.2, 0.25) is 0 Å². The molecule has 2 rings (SSSR count). The molecule has 0 saturated carbocycles. The maximum Gasteiger partial charge on any atom is 0.310 e. The molecule has 1 heterocycles. The van der Waals surface area contributed by atoms with Gasteiger partial charge in [-0.2, -0.15) is 0 Å². The van der Waals surface area contributed by atoms with Gasteiger partial charge < -0.3 is 10.4 Å². The van der Waals surface area contributed by atoms with Crippen LogP contribution in [-0.4, -0.2) is 22.6 Å². The molecule has 100 valence electrons. The zero-order valence-corrected chi connectivity index (χ0v) is 11.7. The third-order valence-corrected chi connectivity index (χ3v) is 3.63. The Labute approximate surface area is 116 Å². The second-order valence-corrected chi connectivity index (χ2v) is 5.80. The number of hydrogen-bond donors (Lipinski definition) is 2. The maximum absolute atomic E-state index is 11.0. The lowest BCUT2D eigenvalue weighted by molar-refractivity contribution is -0.146. The molecule has 1 aromatic carbocycles. The Kier molecular flexibility index (Phi) is 3.85. The number of nitrogens with one attached hydrogen (secondary N) is 1. The molecule has 0 radical (unpaired) electrons. The van der Waals surface area contributed by atoms with E-state index in [1.54, 1.807) is 13.8 Å². The van der Waals surface area contributed by atoms with Crippen molar-refractivity contribution >= 4 is 22.4 Å². The van der Waals surface area contributed by atoms with Gasteiger partial charge in [-0.15, -0.1) is 11.3 Å². The van der Waals surface area contributed by atoms with Gasteiger partial charge in [0.25, 0.3) is 0 Å². The van der Waals surface area contributed by atoms with Crippen LogP contribution in [-0.2, 0) is 4.79 Å². The van der Waals surface area contributed by atoms with Gasteiger partial charge in [-0.25, -0.2) is 4.98 Å². The monoisotopic (exact) mass is 276 g/mol. The van der Waals surface area contributed by atoms with Gasteiger partial charge >= 0.3 is 5.97 Å². The van der Waals surface area contributed by atoms with Gasteiger partial charge in [0, 0.05) is 17.5 Å². The molecule has 0 aliphatic heterocycles. The molecule has 0 aliphatic carbocycles. The van der Waals surface area contributed by atoms with Crippen molar-refractivity contribution in [2.75, 3.05) is 11.9 Å². The SMILES string of the molecule is CC(C)(CNc1nc(-c2ccccc2)cs1)C(=O)O. The molecule has 0 spiro atoms. The summed E-state index contributed by atoms with van der Waals surface area (Å²) in [7, 11) is 0. The number of carbonyl (C=O) groups is 1. The van der Waals surface area contributed by atoms with Gasteiger partial charge in [0.15, 0.2) is 5.13 Å². The zero-order valence-electron chi connectivity index (χ0n) is 10.9. The Balaban J connectivity index is 2.05. The minimum absolute atomic E-state index is 0.351. The van der Waals surface area contributed by atoms with Crippen LogP contribution in [0.5, 0.6) is 0 Å². The van der Waals surface area contributed by atoms with Crippen molar-refractivity contribution in [2.24, 2.45) is 5.41 Å². The molecule has 1 aromatic heterocycles. The summed E-state index contributed by atoms with van der Waals surface area (Å²) in [5.74, 6) is -0.820. The fourth-order valence-corrected chi connectivity index (χ4v) is 2.19. The van der Waals surface area contributed by atoms with E-state index in [0.717, 1.165) is 16.4 Å². The van der Waals surface area contributed by atoms with Gasteiger partial charge in [-0.05, 0) is 13.8 Å². The number of carboxylic acid groups (broad SMARTS) is 1. The highest BCUT2D eigenvalue weighted by Gasteiger charge is 2.27. The first-order valence-corrected chi connectivity index (χ1v) is 6.85. The molecule has 0 fully saturated rings. The van der Waals surface area contributed by atoms with Crippen LogP contribution in [0.4, 0.5) is 5.13 Å². The normalized spacial score (nSPS) is 11.3. The Bertz CT molecular complexity index is 564. The zero-order chi connectivity index (χ0) is 13.9. The van der Waals surface area contributed by atoms with Gasteiger partial charge in [0.05, 0.1) is 11.1 Å². The van der Waals surface area contributed by atoms with Crippen LogP contribution in [0.25, 0.3) is 11.3 Å². The van der Waals surface area contributed by atoms with Crippen molar-refractivity contribution in [3.05, 3.63) is 35.7 Å². The number of anilines is 1. The van der Waals surface area contributed by atoms with Crippen molar-refractivity contribution in [1.29, 1.82) is 0 Å². The van der Waals surface area contributed by atoms with E-state index < -0.39 is 11.4 Å². The van der Waals surface area contributed by atoms with E-state index in [0.29, 0.717) is 6.54 Å². The number of aromatic nitrogens is 1. The van der Waals surface area contributed by atoms with E-state index in [9.17, 15) is 4.79 Å². The number of rotatable bonds is 5. The topological polar surface area (TPSA) is 62.2 Å². The van der Waals surface area contributed by atoms with E-state index in [4.69, 9.17) is 5.11 Å². The highest BCUT2D eigenvalue weighted by atomic mass is 32.1. The first kappa shape index (κ1) is 13.5. The molecule has 0 bridgehead atoms. The lowest BCUT2D eigenvalue weighted by Gasteiger charge is -2.18. The highest BCUT2D eigenvalue weighted by molar-refractivity contribution is 7.14. The molecule has 5 heteroatoms. The molecule has 0 saturated heterocycles. The number of benzene rings is 1. The van der Waals surface area contributed by atoms with Gasteiger partial charge in [-0.1, -0.05) is 30.3 Å². The Morgan fingerprint density at radius 2 is 2.05 bits per heavy atom. The van der Waals surface area contributed by atoms with E-state index in [2.05, 4.69) is 10.3 Å². The number of carboxylic acids is 1. The van der Waals surface area contributed by atoms with E-state index in [1.165, 1.54) is 11.3 Å². The van der Waals surface area contributed by atoms with Crippen LogP contribution in [0.2, 0.25) is 0 Å². The number of nitrogens with zero attached hydrogens (tertiary/aromatic N) is 1. The molecule has 0 unspecified atom stereocenters. The third-order valence-electron chi connectivity index (χ3n) is 2.83. The Morgan fingerprint density at radius 1 is 1.37 bits per heavy atom. The summed E-state index contributed by atoms with van der Waals surface area (Å²) in [5.41, 5.74) is 1.16. The predicted octanol–water partition coefficient (Wildman–Crippen LogP) is 3.33. The summed E-state index contributed by atoms with van der Waals surface area (Å²) in [6, 6.07) is 9.90. The maximum atomic E-state index is 11.0. The van der Waals surface area contributed by atoms with Crippen LogP contribution >= 0.6 is 11.3 Å². The largest absolute Gasteiger partial charge is 0.481 e. The minimum Gasteiger partial charge on any atom is -0.481 e. The summed E-state index contributed by atoms with van der Waals surface area (Å²) in [6.07, 6.45) is 0. The summed E-state index contributed by atoms with van der Waals surface area (Å²) in [4.78, 5) is 15.5. The third kappa shape index (κ3) is 3.32. The van der Waals surface area contributed by atoms with Crippen LogP contribution < -0.4 is 5.32 Å². The molecule has 2 aromatic rings. The van der Waals surface area contributed by atoms with Crippen molar-refractivity contribution < 1.29 is 9.90 Å².